The van der Waals surface area contributed by atoms with Crippen LogP contribution in [-0.2, 0) is 9.53 Å². The second-order valence-electron chi connectivity index (χ2n) is 6.06. The molecule has 1 N–H and O–H groups in total. The van der Waals surface area contributed by atoms with E-state index in [4.69, 9.17) is 9.47 Å². The third-order valence-electron chi connectivity index (χ3n) is 3.91. The van der Waals surface area contributed by atoms with E-state index >= 15 is 0 Å². The lowest BCUT2D eigenvalue weighted by Gasteiger charge is -2.26. The molecule has 1 amide bonds. The Bertz CT molecular complexity index is 771. The van der Waals surface area contributed by atoms with Crippen LogP contribution in [0.4, 0.5) is 11.5 Å². The smallest absolute Gasteiger partial charge is 0.278 e. The zero-order valence-electron chi connectivity index (χ0n) is 15.3. The van der Waals surface area contributed by atoms with Crippen molar-refractivity contribution in [3.05, 3.63) is 29.8 Å². The van der Waals surface area contributed by atoms with Crippen molar-refractivity contribution in [3.63, 3.8) is 0 Å². The highest BCUT2D eigenvalue weighted by Gasteiger charge is 2.20. The first-order valence-electron chi connectivity index (χ1n) is 8.51. The molecular weight excluding hydrogens is 368 g/mol. The van der Waals surface area contributed by atoms with Crippen molar-refractivity contribution in [2.75, 3.05) is 56.8 Å². The van der Waals surface area contributed by atoms with E-state index in [1.807, 2.05) is 48.2 Å². The summed E-state index contributed by atoms with van der Waals surface area (Å²) in [5.74, 6) is 0.651. The Morgan fingerprint density at radius 3 is 2.78 bits per heavy atom. The van der Waals surface area contributed by atoms with Crippen LogP contribution < -0.4 is 20.0 Å². The molecule has 1 saturated heterocycles. The van der Waals surface area contributed by atoms with E-state index in [1.54, 1.807) is 6.21 Å². The average Bonchev–Trinajstić information content (AvgIpc) is 3.16. The van der Waals surface area contributed by atoms with Crippen LogP contribution >= 0.6 is 11.7 Å². The monoisotopic (exact) mass is 390 g/mol. The fourth-order valence-corrected chi connectivity index (χ4v) is 2.96. The molecule has 0 unspecified atom stereocenters. The summed E-state index contributed by atoms with van der Waals surface area (Å²) < 4.78 is 19.2. The fourth-order valence-electron chi connectivity index (χ4n) is 2.44. The molecule has 27 heavy (non-hydrogen) atoms. The van der Waals surface area contributed by atoms with Gasteiger partial charge in [0.1, 0.15) is 0 Å². The number of benzene rings is 1. The fraction of sp³-hybridized carbons (Fsp3) is 0.412. The van der Waals surface area contributed by atoms with Crippen LogP contribution in [0.25, 0.3) is 0 Å². The van der Waals surface area contributed by atoms with Gasteiger partial charge in [-0.05, 0) is 17.7 Å². The number of carbonyl (C=O) groups excluding carboxylic acids is 1. The first-order valence-corrected chi connectivity index (χ1v) is 9.24. The van der Waals surface area contributed by atoms with E-state index < -0.39 is 0 Å². The normalized spacial score (nSPS) is 14.4. The van der Waals surface area contributed by atoms with Crippen LogP contribution in [-0.4, -0.2) is 67.9 Å². The molecule has 1 aromatic heterocycles. The molecule has 0 spiro atoms. The highest BCUT2D eigenvalue weighted by Crippen LogP contribution is 2.26. The molecule has 1 aromatic carbocycles. The van der Waals surface area contributed by atoms with Crippen LogP contribution in [0.2, 0.25) is 0 Å². The van der Waals surface area contributed by atoms with Crippen LogP contribution in [0.5, 0.6) is 5.88 Å². The maximum atomic E-state index is 11.9. The molecule has 3 rings (SSSR count). The van der Waals surface area contributed by atoms with E-state index in [9.17, 15) is 4.79 Å². The van der Waals surface area contributed by atoms with E-state index in [-0.39, 0.29) is 12.5 Å². The molecule has 2 heterocycles. The summed E-state index contributed by atoms with van der Waals surface area (Å²) in [4.78, 5) is 16.0. The molecule has 0 saturated carbocycles. The van der Waals surface area contributed by atoms with Crippen molar-refractivity contribution >= 4 is 35.4 Å². The minimum Gasteiger partial charge on any atom is -0.464 e. The molecule has 0 bridgehead atoms. The lowest BCUT2D eigenvalue weighted by atomic mass is 10.2. The Kier molecular flexibility index (Phi) is 6.55. The van der Waals surface area contributed by atoms with Gasteiger partial charge in [0, 0.05) is 32.9 Å². The number of aromatic nitrogens is 2. The van der Waals surface area contributed by atoms with Gasteiger partial charge in [0.2, 0.25) is 5.82 Å². The van der Waals surface area contributed by atoms with Crippen LogP contribution in [0.3, 0.4) is 0 Å². The summed E-state index contributed by atoms with van der Waals surface area (Å²) in [6.07, 6.45) is 1.58. The SMILES string of the molecule is CN(C)c1ccc(/C=N\NC(=O)COc2nsnc2N2CCOCC2)cc1. The Balaban J connectivity index is 1.47. The van der Waals surface area contributed by atoms with Gasteiger partial charge in [-0.25, -0.2) is 5.43 Å². The predicted molar refractivity (Wildman–Crippen MR) is 105 cm³/mol. The molecule has 2 aromatic rings. The largest absolute Gasteiger partial charge is 0.464 e. The summed E-state index contributed by atoms with van der Waals surface area (Å²) in [5, 5.41) is 3.95. The number of amides is 1. The minimum absolute atomic E-state index is 0.181. The van der Waals surface area contributed by atoms with Crippen molar-refractivity contribution in [2.45, 2.75) is 0 Å². The maximum absolute atomic E-state index is 11.9. The summed E-state index contributed by atoms with van der Waals surface area (Å²) in [6.45, 7) is 2.55. The second kappa shape index (κ2) is 9.28. The molecule has 9 nitrogen and oxygen atoms in total. The number of hydrazone groups is 1. The topological polar surface area (TPSA) is 92.2 Å². The minimum atomic E-state index is -0.364. The van der Waals surface area contributed by atoms with Gasteiger partial charge in [-0.1, -0.05) is 12.1 Å². The van der Waals surface area contributed by atoms with Gasteiger partial charge in [0.25, 0.3) is 11.8 Å². The summed E-state index contributed by atoms with van der Waals surface area (Å²) in [5.41, 5.74) is 4.43. The first-order chi connectivity index (χ1) is 13.1. The number of carbonyl (C=O) groups is 1. The molecule has 1 aliphatic heterocycles. The number of morpholine rings is 1. The summed E-state index contributed by atoms with van der Waals surface area (Å²) >= 11 is 1.06. The number of nitrogens with one attached hydrogen (secondary N) is 1. The molecular formula is C17H22N6O3S. The van der Waals surface area contributed by atoms with E-state index in [0.29, 0.717) is 24.9 Å². The van der Waals surface area contributed by atoms with Crippen molar-refractivity contribution in [2.24, 2.45) is 5.10 Å². The third-order valence-corrected chi connectivity index (χ3v) is 4.41. The Labute approximate surface area is 161 Å². The van der Waals surface area contributed by atoms with Crippen LogP contribution in [0, 0.1) is 0 Å². The van der Waals surface area contributed by atoms with Gasteiger partial charge in [0.05, 0.1) is 31.2 Å². The molecule has 10 heteroatoms. The quantitative estimate of drug-likeness (QED) is 0.556. The maximum Gasteiger partial charge on any atom is 0.278 e. The first kappa shape index (κ1) is 19.1. The Morgan fingerprint density at radius 2 is 2.07 bits per heavy atom. The third kappa shape index (κ3) is 5.38. The van der Waals surface area contributed by atoms with Crippen molar-refractivity contribution in [3.8, 4) is 5.88 Å². The highest BCUT2D eigenvalue weighted by atomic mass is 32.1. The van der Waals surface area contributed by atoms with Gasteiger partial charge in [-0.15, -0.1) is 4.37 Å². The van der Waals surface area contributed by atoms with Gasteiger partial charge < -0.3 is 19.3 Å². The Morgan fingerprint density at radius 1 is 1.33 bits per heavy atom. The number of hydrogen-bond donors (Lipinski definition) is 1. The van der Waals surface area contributed by atoms with E-state index in [0.717, 1.165) is 36.1 Å². The molecule has 1 fully saturated rings. The van der Waals surface area contributed by atoms with Crippen LogP contribution in [0.15, 0.2) is 29.4 Å². The van der Waals surface area contributed by atoms with Gasteiger partial charge in [-0.3, -0.25) is 4.79 Å². The molecule has 0 radical (unpaired) electrons. The summed E-state index contributed by atoms with van der Waals surface area (Å²) in [7, 11) is 3.96. The highest BCUT2D eigenvalue weighted by molar-refractivity contribution is 6.99. The summed E-state index contributed by atoms with van der Waals surface area (Å²) in [6, 6.07) is 7.82. The van der Waals surface area contributed by atoms with Crippen molar-refractivity contribution < 1.29 is 14.3 Å². The van der Waals surface area contributed by atoms with Crippen LogP contribution in [0.1, 0.15) is 5.56 Å². The average molecular weight is 390 g/mol. The zero-order chi connectivity index (χ0) is 19.1. The second-order valence-corrected chi connectivity index (χ2v) is 6.59. The lowest BCUT2D eigenvalue weighted by molar-refractivity contribution is -0.123. The number of rotatable bonds is 7. The molecule has 0 aliphatic carbocycles. The number of ether oxygens (including phenoxy) is 2. The van der Waals surface area contributed by atoms with Crippen molar-refractivity contribution in [1.29, 1.82) is 0 Å². The Hall–Kier alpha value is -2.72. The predicted octanol–water partition coefficient (Wildman–Crippen LogP) is 0.970. The number of anilines is 2. The van der Waals surface area contributed by atoms with Gasteiger partial charge >= 0.3 is 0 Å². The molecule has 0 atom stereocenters. The lowest BCUT2D eigenvalue weighted by Crippen LogP contribution is -2.36. The van der Waals surface area contributed by atoms with Gasteiger partial charge in [-0.2, -0.15) is 9.47 Å². The standard InChI is InChI=1S/C17H22N6O3S/c1-22(2)14-5-3-13(4-6-14)11-18-19-15(24)12-26-17-16(20-27-21-17)23-7-9-25-10-8-23/h3-6,11H,7-10,12H2,1-2H3,(H,19,24)/b18-11-. The van der Waals surface area contributed by atoms with E-state index in [2.05, 4.69) is 19.3 Å². The molecule has 1 aliphatic rings. The molecule has 144 valence electrons. The van der Waals surface area contributed by atoms with Crippen molar-refractivity contribution in [1.82, 2.24) is 14.2 Å². The zero-order valence-corrected chi connectivity index (χ0v) is 16.1. The van der Waals surface area contributed by atoms with E-state index in [1.165, 1.54) is 0 Å². The number of hydrogen-bond acceptors (Lipinski definition) is 9. The number of nitrogens with zero attached hydrogens (tertiary/aromatic N) is 5. The van der Waals surface area contributed by atoms with Gasteiger partial charge in [0.15, 0.2) is 6.61 Å².